The lowest BCUT2D eigenvalue weighted by atomic mass is 10.2. The Morgan fingerprint density at radius 2 is 1.93 bits per heavy atom. The van der Waals surface area contributed by atoms with Gasteiger partial charge in [0.25, 0.3) is 0 Å². The highest BCUT2D eigenvalue weighted by Crippen LogP contribution is 2.28. The van der Waals surface area contributed by atoms with E-state index < -0.39 is 0 Å². The summed E-state index contributed by atoms with van der Waals surface area (Å²) in [5.41, 5.74) is 1.91. The minimum Gasteiger partial charge on any atom is -0.375 e. The van der Waals surface area contributed by atoms with Crippen LogP contribution in [0.15, 0.2) is 59.1 Å². The summed E-state index contributed by atoms with van der Waals surface area (Å²) in [6.45, 7) is 0.670. The third kappa shape index (κ3) is 6.45. The summed E-state index contributed by atoms with van der Waals surface area (Å²) in [5.74, 6) is -0.391. The first-order chi connectivity index (χ1) is 14.5. The van der Waals surface area contributed by atoms with Gasteiger partial charge in [-0.15, -0.1) is 10.2 Å². The number of halogens is 1. The Morgan fingerprint density at radius 3 is 2.67 bits per heavy atom. The van der Waals surface area contributed by atoms with E-state index in [1.54, 1.807) is 4.90 Å². The van der Waals surface area contributed by atoms with Gasteiger partial charge in [-0.05, 0) is 17.7 Å². The monoisotopic (exact) mass is 488 g/mol. The number of hydrogen-bond acceptors (Lipinski definition) is 6. The minimum atomic E-state index is -0.227. The number of rotatable bonds is 9. The molecule has 0 radical (unpaired) electrons. The molecule has 30 heavy (non-hydrogen) atoms. The SMILES string of the molecule is COCC(=O)N(CCC(=O)Nc1nnc(-c2cccc(Br)c2)s1)Cc1ccccc1. The zero-order chi connectivity index (χ0) is 21.3. The quantitative estimate of drug-likeness (QED) is 0.492. The van der Waals surface area contributed by atoms with Gasteiger partial charge in [0.2, 0.25) is 16.9 Å². The van der Waals surface area contributed by atoms with Crippen LogP contribution in [0.3, 0.4) is 0 Å². The molecule has 2 aromatic carbocycles. The average Bonchev–Trinajstić information content (AvgIpc) is 3.20. The van der Waals surface area contributed by atoms with Crippen LogP contribution in [-0.4, -0.2) is 47.2 Å². The van der Waals surface area contributed by atoms with E-state index in [-0.39, 0.29) is 31.4 Å². The van der Waals surface area contributed by atoms with Gasteiger partial charge >= 0.3 is 0 Å². The molecule has 1 N–H and O–H groups in total. The number of benzene rings is 2. The summed E-state index contributed by atoms with van der Waals surface area (Å²) in [5, 5.41) is 12.1. The Labute approximate surface area is 187 Å². The summed E-state index contributed by atoms with van der Waals surface area (Å²) in [6.07, 6.45) is 0.147. The Balaban J connectivity index is 1.58. The lowest BCUT2D eigenvalue weighted by Crippen LogP contribution is -2.35. The molecule has 3 rings (SSSR count). The van der Waals surface area contributed by atoms with E-state index >= 15 is 0 Å². The van der Waals surface area contributed by atoms with Crippen LogP contribution in [-0.2, 0) is 20.9 Å². The molecule has 0 aliphatic rings. The molecule has 0 atom stereocenters. The summed E-state index contributed by atoms with van der Waals surface area (Å²) in [6, 6.07) is 17.3. The number of ether oxygens (including phenoxy) is 1. The van der Waals surface area contributed by atoms with Crippen molar-refractivity contribution in [1.82, 2.24) is 15.1 Å². The predicted molar refractivity (Wildman–Crippen MR) is 120 cm³/mol. The van der Waals surface area contributed by atoms with Crippen molar-refractivity contribution >= 4 is 44.2 Å². The van der Waals surface area contributed by atoms with Gasteiger partial charge in [-0.2, -0.15) is 0 Å². The topological polar surface area (TPSA) is 84.4 Å². The summed E-state index contributed by atoms with van der Waals surface area (Å²) < 4.78 is 5.91. The molecule has 0 fully saturated rings. The first-order valence-corrected chi connectivity index (χ1v) is 10.9. The molecule has 0 aliphatic carbocycles. The second kappa shape index (κ2) is 11.0. The van der Waals surface area contributed by atoms with Crippen molar-refractivity contribution in [2.75, 3.05) is 25.6 Å². The number of aromatic nitrogens is 2. The fraction of sp³-hybridized carbons (Fsp3) is 0.238. The van der Waals surface area contributed by atoms with Gasteiger partial charge in [0, 0.05) is 36.7 Å². The third-order valence-corrected chi connectivity index (χ3v) is 5.57. The Bertz CT molecular complexity index is 997. The molecule has 156 valence electrons. The molecule has 7 nitrogen and oxygen atoms in total. The van der Waals surface area contributed by atoms with Crippen molar-refractivity contribution in [3.05, 3.63) is 64.6 Å². The Morgan fingerprint density at radius 1 is 1.13 bits per heavy atom. The number of amides is 2. The first kappa shape index (κ1) is 22.1. The van der Waals surface area contributed by atoms with Crippen LogP contribution >= 0.6 is 27.3 Å². The number of carbonyl (C=O) groups excluding carboxylic acids is 2. The van der Waals surface area contributed by atoms with Crippen LogP contribution in [0.5, 0.6) is 0 Å². The van der Waals surface area contributed by atoms with Crippen LogP contribution in [0.2, 0.25) is 0 Å². The summed E-state index contributed by atoms with van der Waals surface area (Å²) in [7, 11) is 1.48. The van der Waals surface area contributed by atoms with Gasteiger partial charge in [0.05, 0.1) is 0 Å². The maximum Gasteiger partial charge on any atom is 0.248 e. The Kier molecular flexibility index (Phi) is 8.06. The van der Waals surface area contributed by atoms with Gasteiger partial charge in [0.15, 0.2) is 0 Å². The van der Waals surface area contributed by atoms with Gasteiger partial charge in [0.1, 0.15) is 11.6 Å². The van der Waals surface area contributed by atoms with E-state index in [1.165, 1.54) is 18.4 Å². The summed E-state index contributed by atoms with van der Waals surface area (Å²) >= 11 is 4.73. The van der Waals surface area contributed by atoms with Gasteiger partial charge in [-0.3, -0.25) is 9.59 Å². The van der Waals surface area contributed by atoms with E-state index in [1.807, 2.05) is 54.6 Å². The van der Waals surface area contributed by atoms with Crippen LogP contribution in [0, 0.1) is 0 Å². The number of nitrogens with zero attached hydrogens (tertiary/aromatic N) is 3. The number of anilines is 1. The number of carbonyl (C=O) groups is 2. The number of nitrogens with one attached hydrogen (secondary N) is 1. The molecular formula is C21H21BrN4O3S. The zero-order valence-corrected chi connectivity index (χ0v) is 18.8. The lowest BCUT2D eigenvalue weighted by molar-refractivity contribution is -0.136. The van der Waals surface area contributed by atoms with E-state index in [9.17, 15) is 9.59 Å². The fourth-order valence-electron chi connectivity index (χ4n) is 2.74. The van der Waals surface area contributed by atoms with Crippen LogP contribution in [0.25, 0.3) is 10.6 Å². The van der Waals surface area contributed by atoms with Crippen LogP contribution in [0.1, 0.15) is 12.0 Å². The molecule has 0 bridgehead atoms. The number of hydrogen-bond donors (Lipinski definition) is 1. The van der Waals surface area contributed by atoms with Gasteiger partial charge in [-0.1, -0.05) is 69.7 Å². The van der Waals surface area contributed by atoms with Crippen molar-refractivity contribution in [2.45, 2.75) is 13.0 Å². The molecule has 1 aromatic heterocycles. The van der Waals surface area contributed by atoms with Gasteiger partial charge < -0.3 is 15.0 Å². The maximum atomic E-state index is 12.4. The maximum absolute atomic E-state index is 12.4. The van der Waals surface area contributed by atoms with Gasteiger partial charge in [-0.25, -0.2) is 0 Å². The molecule has 0 spiro atoms. The lowest BCUT2D eigenvalue weighted by Gasteiger charge is -2.22. The number of methoxy groups -OCH3 is 1. The molecular weight excluding hydrogens is 468 g/mol. The minimum absolute atomic E-state index is 0.0269. The van der Waals surface area contributed by atoms with E-state index in [4.69, 9.17) is 4.74 Å². The van der Waals surface area contributed by atoms with Crippen molar-refractivity contribution in [1.29, 1.82) is 0 Å². The van der Waals surface area contributed by atoms with E-state index in [0.717, 1.165) is 15.6 Å². The smallest absolute Gasteiger partial charge is 0.248 e. The zero-order valence-electron chi connectivity index (χ0n) is 16.4. The predicted octanol–water partition coefficient (Wildman–Crippen LogP) is 3.97. The van der Waals surface area contributed by atoms with E-state index in [0.29, 0.717) is 16.7 Å². The molecule has 0 aliphatic heterocycles. The second-order valence-corrected chi connectivity index (χ2v) is 8.35. The highest BCUT2D eigenvalue weighted by atomic mass is 79.9. The molecule has 1 heterocycles. The van der Waals surface area contributed by atoms with Crippen LogP contribution < -0.4 is 5.32 Å². The highest BCUT2D eigenvalue weighted by molar-refractivity contribution is 9.10. The van der Waals surface area contributed by atoms with Crippen molar-refractivity contribution in [3.8, 4) is 10.6 Å². The van der Waals surface area contributed by atoms with Crippen molar-refractivity contribution < 1.29 is 14.3 Å². The van der Waals surface area contributed by atoms with E-state index in [2.05, 4.69) is 31.4 Å². The van der Waals surface area contributed by atoms with Crippen molar-refractivity contribution in [3.63, 3.8) is 0 Å². The molecule has 2 amide bonds. The Hall–Kier alpha value is -2.62. The largest absolute Gasteiger partial charge is 0.375 e. The molecule has 0 saturated carbocycles. The molecule has 0 saturated heterocycles. The average molecular weight is 489 g/mol. The standard InChI is InChI=1S/C21H21BrN4O3S/c1-29-14-19(28)26(13-15-6-3-2-4-7-15)11-10-18(27)23-21-25-24-20(30-21)16-8-5-9-17(22)12-16/h2-9,12H,10-11,13-14H2,1H3,(H,23,25,27). The summed E-state index contributed by atoms with van der Waals surface area (Å²) in [4.78, 5) is 26.4. The normalized spacial score (nSPS) is 10.6. The van der Waals surface area contributed by atoms with Crippen LogP contribution in [0.4, 0.5) is 5.13 Å². The first-order valence-electron chi connectivity index (χ1n) is 9.25. The highest BCUT2D eigenvalue weighted by Gasteiger charge is 2.16. The van der Waals surface area contributed by atoms with Crippen molar-refractivity contribution in [2.24, 2.45) is 0 Å². The molecule has 0 unspecified atom stereocenters. The fourth-order valence-corrected chi connectivity index (χ4v) is 3.90. The third-order valence-electron chi connectivity index (χ3n) is 4.19. The molecule has 9 heteroatoms. The molecule has 3 aromatic rings. The second-order valence-electron chi connectivity index (χ2n) is 6.45.